The van der Waals surface area contributed by atoms with Crippen molar-refractivity contribution in [1.29, 1.82) is 5.26 Å². The van der Waals surface area contributed by atoms with E-state index in [0.717, 1.165) is 12.1 Å². The minimum absolute atomic E-state index is 0.340. The Bertz CT molecular complexity index is 635. The van der Waals surface area contributed by atoms with Crippen molar-refractivity contribution in [2.24, 2.45) is 0 Å². The second-order valence-corrected chi connectivity index (χ2v) is 3.99. The average molecular weight is 265 g/mol. The highest BCUT2D eigenvalue weighted by Crippen LogP contribution is 2.25. The van der Waals surface area contributed by atoms with Gasteiger partial charge in [-0.2, -0.15) is 5.26 Å². The molecular weight excluding hydrogens is 258 g/mol. The number of rotatable bonds is 2. The first kappa shape index (κ1) is 12.3. The Morgan fingerprint density at radius 3 is 2.50 bits per heavy atom. The molecule has 0 aliphatic rings. The van der Waals surface area contributed by atoms with Crippen molar-refractivity contribution in [3.63, 3.8) is 0 Å². The van der Waals surface area contributed by atoms with Gasteiger partial charge in [0, 0.05) is 16.8 Å². The molecular formula is C13H7ClF2N2. The van der Waals surface area contributed by atoms with Crippen LogP contribution in [0.2, 0.25) is 5.02 Å². The summed E-state index contributed by atoms with van der Waals surface area (Å²) in [6, 6.07) is 10.0. The maximum absolute atomic E-state index is 13.0. The zero-order valence-electron chi connectivity index (χ0n) is 9.05. The zero-order valence-corrected chi connectivity index (χ0v) is 9.80. The lowest BCUT2D eigenvalue weighted by Gasteiger charge is -2.08. The average Bonchev–Trinajstić information content (AvgIpc) is 2.34. The van der Waals surface area contributed by atoms with Crippen LogP contribution in [0.4, 0.5) is 20.2 Å². The summed E-state index contributed by atoms with van der Waals surface area (Å²) in [5.74, 6) is -1.88. The molecule has 2 nitrogen and oxygen atoms in total. The quantitative estimate of drug-likeness (QED) is 0.881. The maximum atomic E-state index is 13.0. The molecule has 0 unspecified atom stereocenters. The summed E-state index contributed by atoms with van der Waals surface area (Å²) in [5.41, 5.74) is 1.15. The SMILES string of the molecule is N#Cc1ccc(Cl)cc1Nc1ccc(F)c(F)c1. The molecule has 0 aliphatic carbocycles. The molecule has 0 heterocycles. The van der Waals surface area contributed by atoms with Crippen LogP contribution in [0.25, 0.3) is 0 Å². The molecule has 0 atom stereocenters. The van der Waals surface area contributed by atoms with Gasteiger partial charge in [0.15, 0.2) is 11.6 Å². The highest BCUT2D eigenvalue weighted by molar-refractivity contribution is 6.30. The van der Waals surface area contributed by atoms with Gasteiger partial charge in [-0.15, -0.1) is 0 Å². The van der Waals surface area contributed by atoms with Crippen molar-refractivity contribution in [3.05, 3.63) is 58.6 Å². The number of benzene rings is 2. The molecule has 0 saturated heterocycles. The van der Waals surface area contributed by atoms with Gasteiger partial charge in [0.25, 0.3) is 0 Å². The lowest BCUT2D eigenvalue weighted by molar-refractivity contribution is 0.509. The Kier molecular flexibility index (Phi) is 3.45. The predicted octanol–water partition coefficient (Wildman–Crippen LogP) is 4.23. The number of nitriles is 1. The van der Waals surface area contributed by atoms with Gasteiger partial charge >= 0.3 is 0 Å². The van der Waals surface area contributed by atoms with Crippen LogP contribution in [0.3, 0.4) is 0 Å². The Hall–Kier alpha value is -2.12. The molecule has 0 saturated carbocycles. The molecule has 0 fully saturated rings. The third-order valence-corrected chi connectivity index (χ3v) is 2.54. The van der Waals surface area contributed by atoms with Gasteiger partial charge < -0.3 is 5.32 Å². The molecule has 0 bridgehead atoms. The van der Waals surface area contributed by atoms with E-state index in [-0.39, 0.29) is 0 Å². The van der Waals surface area contributed by atoms with Crippen LogP contribution < -0.4 is 5.32 Å². The number of nitrogens with one attached hydrogen (secondary N) is 1. The van der Waals surface area contributed by atoms with Crippen LogP contribution in [0, 0.1) is 23.0 Å². The number of halogens is 3. The summed E-state index contributed by atoms with van der Waals surface area (Å²) in [4.78, 5) is 0. The second kappa shape index (κ2) is 5.03. The fraction of sp³-hybridized carbons (Fsp3) is 0. The monoisotopic (exact) mass is 264 g/mol. The van der Waals surface area contributed by atoms with Crippen LogP contribution in [0.1, 0.15) is 5.56 Å². The highest BCUT2D eigenvalue weighted by Gasteiger charge is 2.06. The first-order valence-electron chi connectivity index (χ1n) is 5.02. The molecule has 0 aromatic heterocycles. The summed E-state index contributed by atoms with van der Waals surface area (Å²) in [7, 11) is 0. The van der Waals surface area contributed by atoms with Crippen molar-refractivity contribution in [2.45, 2.75) is 0 Å². The second-order valence-electron chi connectivity index (χ2n) is 3.56. The molecule has 90 valence electrons. The van der Waals surface area contributed by atoms with E-state index in [0.29, 0.717) is 22.0 Å². The summed E-state index contributed by atoms with van der Waals surface area (Å²) >= 11 is 5.81. The lowest BCUT2D eigenvalue weighted by Crippen LogP contribution is -1.95. The Morgan fingerprint density at radius 1 is 1.06 bits per heavy atom. The topological polar surface area (TPSA) is 35.8 Å². The number of nitrogens with zero attached hydrogens (tertiary/aromatic N) is 1. The van der Waals surface area contributed by atoms with Crippen molar-refractivity contribution in [3.8, 4) is 6.07 Å². The normalized spacial score (nSPS) is 9.89. The molecule has 5 heteroatoms. The number of anilines is 2. The maximum Gasteiger partial charge on any atom is 0.160 e. The lowest BCUT2D eigenvalue weighted by atomic mass is 10.2. The van der Waals surface area contributed by atoms with Crippen LogP contribution in [-0.4, -0.2) is 0 Å². The van der Waals surface area contributed by atoms with Gasteiger partial charge in [-0.1, -0.05) is 11.6 Å². The molecule has 0 radical (unpaired) electrons. The van der Waals surface area contributed by atoms with E-state index in [1.165, 1.54) is 6.07 Å². The molecule has 18 heavy (non-hydrogen) atoms. The van der Waals surface area contributed by atoms with E-state index in [2.05, 4.69) is 5.32 Å². The van der Waals surface area contributed by atoms with Gasteiger partial charge in [-0.3, -0.25) is 0 Å². The first-order valence-corrected chi connectivity index (χ1v) is 5.39. The van der Waals surface area contributed by atoms with E-state index in [9.17, 15) is 8.78 Å². The molecule has 2 rings (SSSR count). The third kappa shape index (κ3) is 2.58. The highest BCUT2D eigenvalue weighted by atomic mass is 35.5. The number of hydrogen-bond donors (Lipinski definition) is 1. The van der Waals surface area contributed by atoms with E-state index >= 15 is 0 Å². The molecule has 0 aliphatic heterocycles. The Balaban J connectivity index is 2.36. The number of hydrogen-bond acceptors (Lipinski definition) is 2. The van der Waals surface area contributed by atoms with Gasteiger partial charge in [-0.25, -0.2) is 8.78 Å². The summed E-state index contributed by atoms with van der Waals surface area (Å²) in [5, 5.41) is 12.2. The van der Waals surface area contributed by atoms with Crippen LogP contribution in [0.5, 0.6) is 0 Å². The first-order chi connectivity index (χ1) is 8.60. The minimum Gasteiger partial charge on any atom is -0.354 e. The van der Waals surface area contributed by atoms with Crippen molar-refractivity contribution in [2.75, 3.05) is 5.32 Å². The van der Waals surface area contributed by atoms with Crippen LogP contribution >= 0.6 is 11.6 Å². The molecule has 2 aromatic rings. The molecule has 2 aromatic carbocycles. The predicted molar refractivity (Wildman–Crippen MR) is 65.8 cm³/mol. The van der Waals surface area contributed by atoms with Crippen molar-refractivity contribution < 1.29 is 8.78 Å². The van der Waals surface area contributed by atoms with E-state index in [1.807, 2.05) is 6.07 Å². The molecule has 0 spiro atoms. The summed E-state index contributed by atoms with van der Waals surface area (Å²) in [6.07, 6.45) is 0. The van der Waals surface area contributed by atoms with Crippen molar-refractivity contribution in [1.82, 2.24) is 0 Å². The van der Waals surface area contributed by atoms with Gasteiger partial charge in [0.05, 0.1) is 11.3 Å². The van der Waals surface area contributed by atoms with Crippen LogP contribution in [-0.2, 0) is 0 Å². The molecule has 1 N–H and O–H groups in total. The van der Waals surface area contributed by atoms with Gasteiger partial charge in [0.1, 0.15) is 6.07 Å². The fourth-order valence-electron chi connectivity index (χ4n) is 1.45. The van der Waals surface area contributed by atoms with E-state index in [1.54, 1.807) is 18.2 Å². The minimum atomic E-state index is -0.958. The summed E-state index contributed by atoms with van der Waals surface area (Å²) < 4.78 is 25.8. The standard InChI is InChI=1S/C13H7ClF2N2/c14-9-2-1-8(7-17)13(5-9)18-10-3-4-11(15)12(16)6-10/h1-6,18H. The summed E-state index contributed by atoms with van der Waals surface area (Å²) in [6.45, 7) is 0. The van der Waals surface area contributed by atoms with Crippen LogP contribution in [0.15, 0.2) is 36.4 Å². The van der Waals surface area contributed by atoms with E-state index in [4.69, 9.17) is 16.9 Å². The van der Waals surface area contributed by atoms with Gasteiger partial charge in [-0.05, 0) is 30.3 Å². The van der Waals surface area contributed by atoms with E-state index < -0.39 is 11.6 Å². The third-order valence-electron chi connectivity index (χ3n) is 2.30. The zero-order chi connectivity index (χ0) is 13.1. The Morgan fingerprint density at radius 2 is 1.83 bits per heavy atom. The van der Waals surface area contributed by atoms with Gasteiger partial charge in [0.2, 0.25) is 0 Å². The fourth-order valence-corrected chi connectivity index (χ4v) is 1.62. The Labute approximate surface area is 107 Å². The smallest absolute Gasteiger partial charge is 0.160 e. The molecule has 0 amide bonds. The van der Waals surface area contributed by atoms with Crippen molar-refractivity contribution >= 4 is 23.0 Å². The largest absolute Gasteiger partial charge is 0.354 e.